The molecule has 0 radical (unpaired) electrons. The maximum atomic E-state index is 10.2. The van der Waals surface area contributed by atoms with E-state index in [1.54, 1.807) is 0 Å². The topological polar surface area (TPSA) is 36.4 Å². The zero-order valence-corrected chi connectivity index (χ0v) is 12.7. The van der Waals surface area contributed by atoms with Gasteiger partial charge in [-0.2, -0.15) is 0 Å². The molecule has 3 rings (SSSR count). The number of piperidine rings is 1. The SMILES string of the molecule is Cc1cccc(-c2cccc(N3CCC(C)CC3)n2)c1O. The highest BCUT2D eigenvalue weighted by atomic mass is 16.3. The van der Waals surface area contributed by atoms with Crippen LogP contribution in [-0.2, 0) is 0 Å². The van der Waals surface area contributed by atoms with Crippen molar-refractivity contribution in [2.24, 2.45) is 5.92 Å². The molecule has 1 aromatic heterocycles. The number of aromatic hydroxyl groups is 1. The average Bonchev–Trinajstić information content (AvgIpc) is 2.51. The van der Waals surface area contributed by atoms with Crippen LogP contribution in [0.4, 0.5) is 5.82 Å². The molecule has 0 amide bonds. The van der Waals surface area contributed by atoms with Gasteiger partial charge in [0.25, 0.3) is 0 Å². The van der Waals surface area contributed by atoms with Crippen molar-refractivity contribution in [2.75, 3.05) is 18.0 Å². The first-order chi connectivity index (χ1) is 10.1. The zero-order valence-electron chi connectivity index (χ0n) is 12.7. The predicted molar refractivity (Wildman–Crippen MR) is 86.7 cm³/mol. The van der Waals surface area contributed by atoms with E-state index in [9.17, 15) is 5.11 Å². The first kappa shape index (κ1) is 13.9. The zero-order chi connectivity index (χ0) is 14.8. The van der Waals surface area contributed by atoms with Gasteiger partial charge in [-0.15, -0.1) is 0 Å². The summed E-state index contributed by atoms with van der Waals surface area (Å²) in [6, 6.07) is 11.8. The van der Waals surface area contributed by atoms with Crippen molar-refractivity contribution in [3.63, 3.8) is 0 Å². The molecule has 1 saturated heterocycles. The molecule has 2 heterocycles. The second kappa shape index (κ2) is 5.76. The van der Waals surface area contributed by atoms with E-state index in [4.69, 9.17) is 4.98 Å². The quantitative estimate of drug-likeness (QED) is 0.904. The van der Waals surface area contributed by atoms with E-state index in [1.807, 2.05) is 37.3 Å². The number of hydrogen-bond donors (Lipinski definition) is 1. The predicted octanol–water partition coefficient (Wildman–Crippen LogP) is 4.00. The Kier molecular flexibility index (Phi) is 3.82. The fraction of sp³-hybridized carbons (Fsp3) is 0.389. The van der Waals surface area contributed by atoms with Gasteiger partial charge >= 0.3 is 0 Å². The first-order valence-electron chi connectivity index (χ1n) is 7.66. The van der Waals surface area contributed by atoms with Gasteiger partial charge in [-0.05, 0) is 49.4 Å². The van der Waals surface area contributed by atoms with Crippen LogP contribution in [0, 0.1) is 12.8 Å². The van der Waals surface area contributed by atoms with Gasteiger partial charge in [-0.3, -0.25) is 0 Å². The number of rotatable bonds is 2. The van der Waals surface area contributed by atoms with Gasteiger partial charge in [0.05, 0.1) is 5.69 Å². The first-order valence-corrected chi connectivity index (χ1v) is 7.66. The molecular weight excluding hydrogens is 260 g/mol. The van der Waals surface area contributed by atoms with E-state index < -0.39 is 0 Å². The van der Waals surface area contributed by atoms with E-state index in [2.05, 4.69) is 17.9 Å². The molecule has 0 atom stereocenters. The standard InChI is InChI=1S/C18H22N2O/c1-13-9-11-20(12-10-13)17-8-4-7-16(19-17)15-6-3-5-14(2)18(15)21/h3-8,13,21H,9-12H2,1-2H3. The van der Waals surface area contributed by atoms with Crippen molar-refractivity contribution in [3.8, 4) is 17.0 Å². The summed E-state index contributed by atoms with van der Waals surface area (Å²) in [4.78, 5) is 7.10. The lowest BCUT2D eigenvalue weighted by Crippen LogP contribution is -2.33. The van der Waals surface area contributed by atoms with Crippen LogP contribution in [0.1, 0.15) is 25.3 Å². The number of phenols is 1. The van der Waals surface area contributed by atoms with Crippen molar-refractivity contribution < 1.29 is 5.11 Å². The maximum absolute atomic E-state index is 10.2. The minimum absolute atomic E-state index is 0.328. The molecule has 0 saturated carbocycles. The molecular formula is C18H22N2O. The highest BCUT2D eigenvalue weighted by molar-refractivity contribution is 5.69. The number of nitrogens with zero attached hydrogens (tertiary/aromatic N) is 2. The number of aryl methyl sites for hydroxylation is 1. The van der Waals surface area contributed by atoms with Crippen LogP contribution in [0.2, 0.25) is 0 Å². The van der Waals surface area contributed by atoms with E-state index in [0.717, 1.165) is 41.6 Å². The summed E-state index contributed by atoms with van der Waals surface area (Å²) in [6.07, 6.45) is 2.45. The number of pyridine rings is 1. The van der Waals surface area contributed by atoms with Gasteiger partial charge in [0.15, 0.2) is 0 Å². The van der Waals surface area contributed by atoms with Gasteiger partial charge in [0.2, 0.25) is 0 Å². The Balaban J connectivity index is 1.91. The number of anilines is 1. The molecule has 1 fully saturated rings. The van der Waals surface area contributed by atoms with E-state index in [-0.39, 0.29) is 0 Å². The van der Waals surface area contributed by atoms with E-state index >= 15 is 0 Å². The van der Waals surface area contributed by atoms with Gasteiger partial charge in [0.1, 0.15) is 11.6 Å². The molecule has 0 bridgehead atoms. The summed E-state index contributed by atoms with van der Waals surface area (Å²) in [5.41, 5.74) is 2.53. The van der Waals surface area contributed by atoms with Crippen LogP contribution in [0.5, 0.6) is 5.75 Å². The molecule has 1 N–H and O–H groups in total. The minimum Gasteiger partial charge on any atom is -0.507 e. The van der Waals surface area contributed by atoms with Crippen molar-refractivity contribution in [1.29, 1.82) is 0 Å². The molecule has 0 spiro atoms. The molecule has 1 aromatic carbocycles. The second-order valence-corrected chi connectivity index (χ2v) is 6.02. The second-order valence-electron chi connectivity index (χ2n) is 6.02. The van der Waals surface area contributed by atoms with Crippen LogP contribution in [-0.4, -0.2) is 23.2 Å². The van der Waals surface area contributed by atoms with E-state index in [0.29, 0.717) is 5.75 Å². The monoisotopic (exact) mass is 282 g/mol. The van der Waals surface area contributed by atoms with Crippen LogP contribution < -0.4 is 4.90 Å². The summed E-state index contributed by atoms with van der Waals surface area (Å²) in [7, 11) is 0. The summed E-state index contributed by atoms with van der Waals surface area (Å²) in [5, 5.41) is 10.2. The molecule has 1 aliphatic rings. The fourth-order valence-corrected chi connectivity index (χ4v) is 2.85. The van der Waals surface area contributed by atoms with Gasteiger partial charge in [-0.25, -0.2) is 4.98 Å². The molecule has 1 aliphatic heterocycles. The lowest BCUT2D eigenvalue weighted by molar-refractivity contribution is 0.436. The smallest absolute Gasteiger partial charge is 0.129 e. The summed E-state index contributed by atoms with van der Waals surface area (Å²) >= 11 is 0. The van der Waals surface area contributed by atoms with E-state index in [1.165, 1.54) is 12.8 Å². The number of para-hydroxylation sites is 1. The van der Waals surface area contributed by atoms with Crippen molar-refractivity contribution in [3.05, 3.63) is 42.0 Å². The Labute approximate surface area is 126 Å². The summed E-state index contributed by atoms with van der Waals surface area (Å²) in [6.45, 7) is 6.36. The molecule has 3 nitrogen and oxygen atoms in total. The van der Waals surface area contributed by atoms with Gasteiger partial charge < -0.3 is 10.0 Å². The molecule has 3 heteroatoms. The highest BCUT2D eigenvalue weighted by Gasteiger charge is 2.17. The number of aromatic nitrogens is 1. The van der Waals surface area contributed by atoms with Crippen LogP contribution in [0.25, 0.3) is 11.3 Å². The Bertz CT molecular complexity index is 631. The lowest BCUT2D eigenvalue weighted by atomic mass is 9.99. The third kappa shape index (κ3) is 2.87. The third-order valence-corrected chi connectivity index (χ3v) is 4.36. The third-order valence-electron chi connectivity index (χ3n) is 4.36. The molecule has 0 unspecified atom stereocenters. The average molecular weight is 282 g/mol. The Morgan fingerprint density at radius 2 is 1.81 bits per heavy atom. The largest absolute Gasteiger partial charge is 0.507 e. The van der Waals surface area contributed by atoms with Gasteiger partial charge in [0, 0.05) is 18.7 Å². The Morgan fingerprint density at radius 1 is 1.10 bits per heavy atom. The minimum atomic E-state index is 0.328. The Morgan fingerprint density at radius 3 is 2.57 bits per heavy atom. The number of hydrogen-bond acceptors (Lipinski definition) is 3. The summed E-state index contributed by atoms with van der Waals surface area (Å²) in [5.74, 6) is 2.15. The fourth-order valence-electron chi connectivity index (χ4n) is 2.85. The lowest BCUT2D eigenvalue weighted by Gasteiger charge is -2.31. The molecule has 110 valence electrons. The Hall–Kier alpha value is -2.03. The molecule has 21 heavy (non-hydrogen) atoms. The van der Waals surface area contributed by atoms with Crippen molar-refractivity contribution >= 4 is 5.82 Å². The van der Waals surface area contributed by atoms with Gasteiger partial charge in [-0.1, -0.05) is 25.1 Å². The van der Waals surface area contributed by atoms with Crippen LogP contribution >= 0.6 is 0 Å². The van der Waals surface area contributed by atoms with Crippen molar-refractivity contribution in [2.45, 2.75) is 26.7 Å². The van der Waals surface area contributed by atoms with Crippen LogP contribution in [0.15, 0.2) is 36.4 Å². The normalized spacial score (nSPS) is 16.2. The summed E-state index contributed by atoms with van der Waals surface area (Å²) < 4.78 is 0. The van der Waals surface area contributed by atoms with Crippen LogP contribution in [0.3, 0.4) is 0 Å². The van der Waals surface area contributed by atoms with Crippen molar-refractivity contribution in [1.82, 2.24) is 4.98 Å². The molecule has 2 aromatic rings. The number of benzene rings is 1. The number of phenolic OH excluding ortho intramolecular Hbond substituents is 1. The highest BCUT2D eigenvalue weighted by Crippen LogP contribution is 2.32. The molecule has 0 aliphatic carbocycles. The maximum Gasteiger partial charge on any atom is 0.129 e.